The molecular formula is C25H30N6. The van der Waals surface area contributed by atoms with Gasteiger partial charge in [-0.15, -0.1) is 10.2 Å². The molecule has 31 heavy (non-hydrogen) atoms. The largest absolute Gasteiger partial charge is 0.326 e. The number of hydrogen-bond acceptors (Lipinski definition) is 5. The molecule has 6 nitrogen and oxygen atoms in total. The van der Waals surface area contributed by atoms with Gasteiger partial charge in [-0.2, -0.15) is 0 Å². The molecule has 1 aromatic carbocycles. The summed E-state index contributed by atoms with van der Waals surface area (Å²) in [5, 5.41) is 10.0. The van der Waals surface area contributed by atoms with Gasteiger partial charge in [0.25, 0.3) is 0 Å². The van der Waals surface area contributed by atoms with Crippen LogP contribution in [0.15, 0.2) is 48.7 Å². The predicted molar refractivity (Wildman–Crippen MR) is 125 cm³/mol. The zero-order chi connectivity index (χ0) is 21.6. The third kappa shape index (κ3) is 3.93. The minimum absolute atomic E-state index is 0.0172. The molecule has 0 bridgehead atoms. The molecule has 4 aromatic rings. The van der Waals surface area contributed by atoms with Crippen molar-refractivity contribution in [1.82, 2.24) is 24.5 Å². The lowest BCUT2D eigenvalue weighted by Gasteiger charge is -2.20. The minimum Gasteiger partial charge on any atom is -0.326 e. The first kappa shape index (κ1) is 20.1. The number of para-hydroxylation sites is 1. The normalized spacial score (nSPS) is 17.7. The summed E-state index contributed by atoms with van der Waals surface area (Å²) < 4.78 is 2.07. The molecule has 5 rings (SSSR count). The van der Waals surface area contributed by atoms with E-state index in [0.29, 0.717) is 6.04 Å². The monoisotopic (exact) mass is 414 g/mol. The Morgan fingerprint density at radius 1 is 1.06 bits per heavy atom. The van der Waals surface area contributed by atoms with Crippen LogP contribution in [0.4, 0.5) is 0 Å². The van der Waals surface area contributed by atoms with Crippen molar-refractivity contribution in [2.45, 2.75) is 45.1 Å². The van der Waals surface area contributed by atoms with Crippen molar-refractivity contribution in [2.24, 2.45) is 5.73 Å². The zero-order valence-corrected chi connectivity index (χ0v) is 18.5. The third-order valence-electron chi connectivity index (χ3n) is 6.25. The topological polar surface area (TPSA) is 72.3 Å². The molecular weight excluding hydrogens is 384 g/mol. The fourth-order valence-electron chi connectivity index (χ4n) is 4.49. The van der Waals surface area contributed by atoms with Crippen LogP contribution in [0.5, 0.6) is 0 Å². The van der Waals surface area contributed by atoms with E-state index in [0.717, 1.165) is 60.5 Å². The average molecular weight is 415 g/mol. The van der Waals surface area contributed by atoms with E-state index >= 15 is 0 Å². The molecule has 160 valence electrons. The van der Waals surface area contributed by atoms with Crippen LogP contribution in [0.2, 0.25) is 0 Å². The molecule has 2 N–H and O–H groups in total. The first-order chi connectivity index (χ1) is 14.9. The maximum atomic E-state index is 6.05. The van der Waals surface area contributed by atoms with E-state index in [1.807, 2.05) is 12.1 Å². The van der Waals surface area contributed by atoms with Crippen molar-refractivity contribution < 1.29 is 0 Å². The van der Waals surface area contributed by atoms with E-state index < -0.39 is 0 Å². The molecule has 3 aromatic heterocycles. The Bertz CT molecular complexity index is 1240. The second-order valence-corrected chi connectivity index (χ2v) is 9.71. The van der Waals surface area contributed by atoms with Gasteiger partial charge in [-0.3, -0.25) is 4.40 Å². The van der Waals surface area contributed by atoms with Crippen LogP contribution in [0.3, 0.4) is 0 Å². The van der Waals surface area contributed by atoms with E-state index in [-0.39, 0.29) is 5.41 Å². The first-order valence-corrected chi connectivity index (χ1v) is 11.1. The molecule has 6 heteroatoms. The van der Waals surface area contributed by atoms with Crippen molar-refractivity contribution in [3.8, 4) is 11.5 Å². The number of fused-ring (bicyclic) bond motifs is 2. The molecule has 1 atom stereocenters. The molecule has 0 radical (unpaired) electrons. The van der Waals surface area contributed by atoms with Crippen LogP contribution >= 0.6 is 0 Å². The van der Waals surface area contributed by atoms with Crippen LogP contribution in [-0.4, -0.2) is 50.2 Å². The number of hydrogen-bond donors (Lipinski definition) is 1. The molecule has 0 aliphatic carbocycles. The number of nitrogens with zero attached hydrogens (tertiary/aromatic N) is 5. The molecule has 1 fully saturated rings. The van der Waals surface area contributed by atoms with Gasteiger partial charge in [0.05, 0.1) is 5.52 Å². The van der Waals surface area contributed by atoms with Crippen molar-refractivity contribution in [1.29, 1.82) is 0 Å². The van der Waals surface area contributed by atoms with Gasteiger partial charge < -0.3 is 10.6 Å². The summed E-state index contributed by atoms with van der Waals surface area (Å²) in [4.78, 5) is 7.48. The highest BCUT2D eigenvalue weighted by Gasteiger charge is 2.20. The maximum Gasteiger partial charge on any atom is 0.187 e. The van der Waals surface area contributed by atoms with Gasteiger partial charge in [0.15, 0.2) is 11.5 Å². The summed E-state index contributed by atoms with van der Waals surface area (Å²) in [5.41, 5.74) is 11.3. The van der Waals surface area contributed by atoms with Gasteiger partial charge in [0.2, 0.25) is 0 Å². The van der Waals surface area contributed by atoms with Crippen molar-refractivity contribution in [3.63, 3.8) is 0 Å². The van der Waals surface area contributed by atoms with Gasteiger partial charge in [-0.1, -0.05) is 51.1 Å². The van der Waals surface area contributed by atoms with E-state index in [1.165, 1.54) is 11.1 Å². The van der Waals surface area contributed by atoms with Crippen molar-refractivity contribution in [2.75, 3.05) is 19.6 Å². The average Bonchev–Trinajstić information content (AvgIpc) is 3.36. The second-order valence-electron chi connectivity index (χ2n) is 9.71. The van der Waals surface area contributed by atoms with Crippen molar-refractivity contribution >= 4 is 16.6 Å². The maximum absolute atomic E-state index is 6.05. The third-order valence-corrected chi connectivity index (χ3v) is 6.25. The van der Waals surface area contributed by atoms with Crippen LogP contribution in [0.25, 0.3) is 28.1 Å². The van der Waals surface area contributed by atoms with E-state index in [2.05, 4.69) is 76.8 Å². The predicted octanol–water partition coefficient (Wildman–Crippen LogP) is 3.82. The van der Waals surface area contributed by atoms with E-state index in [9.17, 15) is 0 Å². The van der Waals surface area contributed by atoms with Gasteiger partial charge in [-0.25, -0.2) is 4.98 Å². The van der Waals surface area contributed by atoms with Crippen LogP contribution in [0.1, 0.15) is 38.3 Å². The standard InChI is InChI=1S/C25H30N6/c1-25(2,3)20-6-4-5-18-8-9-21(27-23(18)20)24-29-28-22-10-7-17(15-31(22)24)11-13-30-14-12-19(26)16-30/h4-10,15,19H,11-14,16,26H2,1-3H3/t19-/m0/s1. The SMILES string of the molecule is CC(C)(C)c1cccc2ccc(-c3nnc4ccc(CCN5CC[C@H](N)C5)cn34)nc12. The molecule has 0 spiro atoms. The Morgan fingerprint density at radius 3 is 2.71 bits per heavy atom. The number of aromatic nitrogens is 4. The number of nitrogens with two attached hydrogens (primary N) is 1. The fraction of sp³-hybridized carbons (Fsp3) is 0.400. The molecule has 4 heterocycles. The number of likely N-dealkylation sites (tertiary alicyclic amines) is 1. The Kier molecular flexibility index (Phi) is 4.99. The number of benzene rings is 1. The lowest BCUT2D eigenvalue weighted by atomic mass is 9.85. The smallest absolute Gasteiger partial charge is 0.187 e. The lowest BCUT2D eigenvalue weighted by molar-refractivity contribution is 0.339. The highest BCUT2D eigenvalue weighted by atomic mass is 15.3. The molecule has 1 aliphatic heterocycles. The summed E-state index contributed by atoms with van der Waals surface area (Å²) >= 11 is 0. The summed E-state index contributed by atoms with van der Waals surface area (Å²) in [6.07, 6.45) is 4.24. The van der Waals surface area contributed by atoms with Gasteiger partial charge in [0.1, 0.15) is 5.69 Å². The second kappa shape index (κ2) is 7.70. The summed E-state index contributed by atoms with van der Waals surface area (Å²) in [6.45, 7) is 9.79. The van der Waals surface area contributed by atoms with Crippen LogP contribution in [0, 0.1) is 0 Å². The van der Waals surface area contributed by atoms with Crippen molar-refractivity contribution in [3.05, 3.63) is 59.8 Å². The Morgan fingerprint density at radius 2 is 1.94 bits per heavy atom. The van der Waals surface area contributed by atoms with E-state index in [1.54, 1.807) is 0 Å². The van der Waals surface area contributed by atoms with Crippen LogP contribution < -0.4 is 5.73 Å². The minimum atomic E-state index is 0.0172. The Balaban J connectivity index is 1.50. The summed E-state index contributed by atoms with van der Waals surface area (Å²) in [6, 6.07) is 15.1. The van der Waals surface area contributed by atoms with Gasteiger partial charge in [0, 0.05) is 30.7 Å². The highest BCUT2D eigenvalue weighted by Crippen LogP contribution is 2.30. The summed E-state index contributed by atoms with van der Waals surface area (Å²) in [7, 11) is 0. The quantitative estimate of drug-likeness (QED) is 0.550. The number of rotatable bonds is 4. The zero-order valence-electron chi connectivity index (χ0n) is 18.5. The Labute approximate surface area is 183 Å². The van der Waals surface area contributed by atoms with Crippen LogP contribution in [-0.2, 0) is 11.8 Å². The van der Waals surface area contributed by atoms with Gasteiger partial charge >= 0.3 is 0 Å². The van der Waals surface area contributed by atoms with E-state index in [4.69, 9.17) is 10.7 Å². The first-order valence-electron chi connectivity index (χ1n) is 11.1. The van der Waals surface area contributed by atoms with Gasteiger partial charge in [-0.05, 0) is 48.1 Å². The molecule has 0 saturated carbocycles. The number of pyridine rings is 2. The molecule has 1 aliphatic rings. The highest BCUT2D eigenvalue weighted by molar-refractivity contribution is 5.84. The molecule has 0 amide bonds. The Hall–Kier alpha value is -2.83. The molecule has 1 saturated heterocycles. The lowest BCUT2D eigenvalue weighted by Crippen LogP contribution is -2.28. The molecule has 0 unspecified atom stereocenters. The fourth-order valence-corrected chi connectivity index (χ4v) is 4.49. The summed E-state index contributed by atoms with van der Waals surface area (Å²) in [5.74, 6) is 0.783.